The van der Waals surface area contributed by atoms with Crippen LogP contribution in [0.15, 0.2) is 35.8 Å². The zero-order valence-electron chi connectivity index (χ0n) is 15.7. The minimum atomic E-state index is -0.117. The molecule has 0 aliphatic heterocycles. The monoisotopic (exact) mass is 415 g/mol. The van der Waals surface area contributed by atoms with Crippen molar-refractivity contribution in [3.05, 3.63) is 68.1 Å². The molecular weight excluding hydrogens is 394 g/mol. The topological polar surface area (TPSA) is 56.2 Å². The Morgan fingerprint density at radius 3 is 3.04 bits per heavy atom. The average Bonchev–Trinajstić information content (AvgIpc) is 3.43. The lowest BCUT2D eigenvalue weighted by Crippen LogP contribution is -2.23. The summed E-state index contributed by atoms with van der Waals surface area (Å²) in [6.45, 7) is 3.50. The van der Waals surface area contributed by atoms with Gasteiger partial charge in [0.25, 0.3) is 5.91 Å². The molecule has 0 fully saturated rings. The molecule has 2 heterocycles. The van der Waals surface area contributed by atoms with E-state index in [0.29, 0.717) is 29.6 Å². The molecule has 0 atom stereocenters. The highest BCUT2D eigenvalue weighted by Gasteiger charge is 2.14. The van der Waals surface area contributed by atoms with Crippen molar-refractivity contribution in [3.8, 4) is 5.75 Å². The normalized spacial score (nSPS) is 12.8. The maximum absolute atomic E-state index is 12.5. The van der Waals surface area contributed by atoms with Crippen LogP contribution >= 0.6 is 22.9 Å². The fourth-order valence-electron chi connectivity index (χ4n) is 3.46. The standard InChI is InChI=1S/C21H22ClN3O2S/c1-2-25-19(18(22)10-24-25)11-23-21(26)20-8-14(13-28-20)12-27-17-7-6-15-4-3-5-16(15)9-17/h6-10,13H,2-5,11-12H2,1H3,(H,23,26). The van der Waals surface area contributed by atoms with Crippen molar-refractivity contribution in [3.63, 3.8) is 0 Å². The van der Waals surface area contributed by atoms with Gasteiger partial charge >= 0.3 is 0 Å². The summed E-state index contributed by atoms with van der Waals surface area (Å²) in [5.41, 5.74) is 4.64. The van der Waals surface area contributed by atoms with E-state index in [1.54, 1.807) is 10.9 Å². The van der Waals surface area contributed by atoms with Gasteiger partial charge in [-0.1, -0.05) is 17.7 Å². The third-order valence-electron chi connectivity index (χ3n) is 4.97. The molecule has 0 saturated carbocycles. The molecule has 2 aromatic heterocycles. The van der Waals surface area contributed by atoms with Gasteiger partial charge in [0.1, 0.15) is 12.4 Å². The molecule has 1 N–H and O–H groups in total. The Hall–Kier alpha value is -2.31. The number of nitrogens with one attached hydrogen (secondary N) is 1. The first kappa shape index (κ1) is 19.0. The van der Waals surface area contributed by atoms with Crippen LogP contribution in [-0.2, 0) is 32.5 Å². The third-order valence-corrected chi connectivity index (χ3v) is 6.26. The van der Waals surface area contributed by atoms with Gasteiger partial charge < -0.3 is 10.1 Å². The minimum Gasteiger partial charge on any atom is -0.489 e. The summed E-state index contributed by atoms with van der Waals surface area (Å²) in [7, 11) is 0. The molecule has 0 radical (unpaired) electrons. The minimum absolute atomic E-state index is 0.117. The Bertz CT molecular complexity index is 995. The lowest BCUT2D eigenvalue weighted by Gasteiger charge is -2.07. The second-order valence-electron chi connectivity index (χ2n) is 6.83. The van der Waals surface area contributed by atoms with E-state index in [-0.39, 0.29) is 5.91 Å². The molecule has 0 bridgehead atoms. The van der Waals surface area contributed by atoms with Gasteiger partial charge in [0, 0.05) is 12.1 Å². The number of ether oxygens (including phenoxy) is 1. The van der Waals surface area contributed by atoms with Crippen molar-refractivity contribution in [1.82, 2.24) is 15.1 Å². The highest BCUT2D eigenvalue weighted by atomic mass is 35.5. The summed E-state index contributed by atoms with van der Waals surface area (Å²) >= 11 is 7.56. The molecule has 1 aromatic carbocycles. The van der Waals surface area contributed by atoms with Crippen molar-refractivity contribution in [1.29, 1.82) is 0 Å². The zero-order chi connectivity index (χ0) is 19.5. The third kappa shape index (κ3) is 4.08. The molecule has 5 nitrogen and oxygen atoms in total. The van der Waals surface area contributed by atoms with E-state index in [1.165, 1.54) is 35.3 Å². The van der Waals surface area contributed by atoms with Crippen molar-refractivity contribution in [2.45, 2.75) is 45.9 Å². The Morgan fingerprint density at radius 1 is 1.32 bits per heavy atom. The fraction of sp³-hybridized carbons (Fsp3) is 0.333. The van der Waals surface area contributed by atoms with Crippen molar-refractivity contribution < 1.29 is 9.53 Å². The molecule has 3 aromatic rings. The second-order valence-corrected chi connectivity index (χ2v) is 8.15. The number of halogens is 1. The van der Waals surface area contributed by atoms with Gasteiger partial charge in [-0.3, -0.25) is 9.48 Å². The lowest BCUT2D eigenvalue weighted by atomic mass is 10.1. The smallest absolute Gasteiger partial charge is 0.261 e. The molecule has 0 spiro atoms. The van der Waals surface area contributed by atoms with E-state index >= 15 is 0 Å². The first-order valence-corrected chi connectivity index (χ1v) is 10.7. The number of hydrogen-bond donors (Lipinski definition) is 1. The molecule has 0 saturated heterocycles. The predicted octanol–water partition coefficient (Wildman–Crippen LogP) is 4.62. The van der Waals surface area contributed by atoms with Gasteiger partial charge in [0.2, 0.25) is 0 Å². The predicted molar refractivity (Wildman–Crippen MR) is 111 cm³/mol. The molecule has 146 valence electrons. The van der Waals surface area contributed by atoms with Gasteiger partial charge in [0.05, 0.1) is 28.3 Å². The van der Waals surface area contributed by atoms with E-state index in [1.807, 2.05) is 24.4 Å². The molecule has 7 heteroatoms. The summed E-state index contributed by atoms with van der Waals surface area (Å²) < 4.78 is 7.71. The average molecular weight is 416 g/mol. The Labute approximate surface area is 173 Å². The summed E-state index contributed by atoms with van der Waals surface area (Å²) in [4.78, 5) is 13.1. The van der Waals surface area contributed by atoms with Crippen LogP contribution in [-0.4, -0.2) is 15.7 Å². The molecule has 1 amide bonds. The first-order valence-electron chi connectivity index (χ1n) is 9.44. The Balaban J connectivity index is 1.33. The fourth-order valence-corrected chi connectivity index (χ4v) is 4.48. The highest BCUT2D eigenvalue weighted by molar-refractivity contribution is 7.12. The molecule has 28 heavy (non-hydrogen) atoms. The lowest BCUT2D eigenvalue weighted by molar-refractivity contribution is 0.0954. The molecule has 4 rings (SSSR count). The number of carbonyl (C=O) groups is 1. The van der Waals surface area contributed by atoms with Gasteiger partial charge in [-0.05, 0) is 60.9 Å². The number of thiophene rings is 1. The summed E-state index contributed by atoms with van der Waals surface area (Å²) in [5.74, 6) is 0.772. The number of aromatic nitrogens is 2. The van der Waals surface area contributed by atoms with E-state index in [2.05, 4.69) is 22.5 Å². The van der Waals surface area contributed by atoms with Crippen LogP contribution in [0, 0.1) is 0 Å². The number of rotatable bonds is 7. The SMILES string of the molecule is CCn1ncc(Cl)c1CNC(=O)c1cc(COc2ccc3c(c2)CCC3)cs1. The number of benzene rings is 1. The summed E-state index contributed by atoms with van der Waals surface area (Å²) in [6.07, 6.45) is 5.14. The van der Waals surface area contributed by atoms with Crippen LogP contribution in [0.5, 0.6) is 5.75 Å². The molecule has 1 aliphatic carbocycles. The van der Waals surface area contributed by atoms with E-state index in [4.69, 9.17) is 16.3 Å². The number of nitrogens with zero attached hydrogens (tertiary/aromatic N) is 2. The van der Waals surface area contributed by atoms with Crippen LogP contribution in [0.3, 0.4) is 0 Å². The summed E-state index contributed by atoms with van der Waals surface area (Å²) in [6, 6.07) is 8.22. The van der Waals surface area contributed by atoms with Crippen LogP contribution in [0.4, 0.5) is 0 Å². The van der Waals surface area contributed by atoms with Crippen LogP contribution in [0.1, 0.15) is 45.4 Å². The van der Waals surface area contributed by atoms with Gasteiger partial charge in [-0.15, -0.1) is 11.3 Å². The number of carbonyl (C=O) groups excluding carboxylic acids is 1. The van der Waals surface area contributed by atoms with Gasteiger partial charge in [-0.25, -0.2) is 0 Å². The Morgan fingerprint density at radius 2 is 2.18 bits per heavy atom. The molecular formula is C21H22ClN3O2S. The van der Waals surface area contributed by atoms with E-state index in [9.17, 15) is 4.79 Å². The maximum Gasteiger partial charge on any atom is 0.261 e. The largest absolute Gasteiger partial charge is 0.489 e. The first-order chi connectivity index (χ1) is 13.6. The Kier molecular flexibility index (Phi) is 5.69. The molecule has 1 aliphatic rings. The van der Waals surface area contributed by atoms with Gasteiger partial charge in [-0.2, -0.15) is 5.10 Å². The zero-order valence-corrected chi connectivity index (χ0v) is 17.3. The summed E-state index contributed by atoms with van der Waals surface area (Å²) in [5, 5.41) is 9.63. The van der Waals surface area contributed by atoms with Crippen LogP contribution in [0.2, 0.25) is 5.02 Å². The molecule has 0 unspecified atom stereocenters. The van der Waals surface area contributed by atoms with Gasteiger partial charge in [0.15, 0.2) is 0 Å². The van der Waals surface area contributed by atoms with E-state index < -0.39 is 0 Å². The number of hydrogen-bond acceptors (Lipinski definition) is 4. The number of amides is 1. The quantitative estimate of drug-likeness (QED) is 0.612. The van der Waals surface area contributed by atoms with Crippen molar-refractivity contribution in [2.24, 2.45) is 0 Å². The van der Waals surface area contributed by atoms with Crippen LogP contribution in [0.25, 0.3) is 0 Å². The number of aryl methyl sites for hydroxylation is 3. The maximum atomic E-state index is 12.5. The van der Waals surface area contributed by atoms with Crippen molar-refractivity contribution in [2.75, 3.05) is 0 Å². The number of fused-ring (bicyclic) bond motifs is 1. The van der Waals surface area contributed by atoms with Crippen molar-refractivity contribution >= 4 is 28.8 Å². The van der Waals surface area contributed by atoms with Crippen LogP contribution < -0.4 is 10.1 Å². The van der Waals surface area contributed by atoms with E-state index in [0.717, 1.165) is 23.4 Å². The highest BCUT2D eigenvalue weighted by Crippen LogP contribution is 2.27. The second kappa shape index (κ2) is 8.37.